The Morgan fingerprint density at radius 2 is 0.784 bits per heavy atom. The standard InChI is InChI=1S/C73H81N/c1-69(2,3)58-38-54(37-55(39-58)56-40-59(70(4,5)6)45-60(41-56)71(7,8)9)51-31-33-52(34-32-51)57-42-61(72(10,11)12)46-64(44-57)74(63-35-36-66-65-25-18-19-26-67(65)73(13,14)68(66)47-63)62-24-20-23-53(43-62)50-29-27-49(28-30-50)48-21-16-15-17-22-48/h18-20,23-48H,15-17,21-22H2,1-14H3. The molecule has 1 saturated carbocycles. The molecule has 0 atom stereocenters. The van der Waals surface area contributed by atoms with E-state index >= 15 is 0 Å². The lowest BCUT2D eigenvalue weighted by Crippen LogP contribution is -2.17. The van der Waals surface area contributed by atoms with Crippen LogP contribution >= 0.6 is 0 Å². The van der Waals surface area contributed by atoms with Crippen molar-refractivity contribution in [1.82, 2.24) is 0 Å². The summed E-state index contributed by atoms with van der Waals surface area (Å²) in [7, 11) is 0. The van der Waals surface area contributed by atoms with Crippen LogP contribution in [0.15, 0.2) is 170 Å². The van der Waals surface area contributed by atoms with E-state index in [9.17, 15) is 0 Å². The van der Waals surface area contributed by atoms with E-state index in [4.69, 9.17) is 0 Å². The van der Waals surface area contributed by atoms with Crippen molar-refractivity contribution in [3.05, 3.63) is 209 Å². The summed E-state index contributed by atoms with van der Waals surface area (Å²) in [5, 5.41) is 0. The van der Waals surface area contributed by atoms with Crippen molar-refractivity contribution in [1.29, 1.82) is 0 Å². The smallest absolute Gasteiger partial charge is 0.0470 e. The van der Waals surface area contributed by atoms with Crippen molar-refractivity contribution >= 4 is 17.1 Å². The fourth-order valence-electron chi connectivity index (χ4n) is 11.7. The Labute approximate surface area is 446 Å². The SMILES string of the molecule is CC(C)(C)c1cc(-c2ccc(-c3cc(N(c4cccc(-c5ccc(C6CCCCC6)cc5)c4)c4ccc5c(c4)C(C)(C)c4ccccc4-5)cc(C(C)(C)C)c3)cc2)cc(-c2cc(C(C)(C)C)cc(C(C)(C)C)c2)c1. The van der Waals surface area contributed by atoms with Crippen LogP contribution in [0.3, 0.4) is 0 Å². The zero-order chi connectivity index (χ0) is 52.5. The molecule has 0 amide bonds. The molecule has 0 heterocycles. The van der Waals surface area contributed by atoms with Crippen LogP contribution < -0.4 is 4.90 Å². The lowest BCUT2D eigenvalue weighted by molar-refractivity contribution is 0.443. The van der Waals surface area contributed by atoms with Crippen LogP contribution in [0, 0.1) is 0 Å². The van der Waals surface area contributed by atoms with E-state index in [0.29, 0.717) is 5.92 Å². The average Bonchev–Trinajstić information content (AvgIpc) is 3.60. The van der Waals surface area contributed by atoms with Gasteiger partial charge in [0.1, 0.15) is 0 Å². The summed E-state index contributed by atoms with van der Waals surface area (Å²) in [4.78, 5) is 2.52. The van der Waals surface area contributed by atoms with Gasteiger partial charge in [-0.15, -0.1) is 0 Å². The molecule has 1 heteroatoms. The second-order valence-electron chi connectivity index (χ2n) is 26.7. The highest BCUT2D eigenvalue weighted by molar-refractivity contribution is 5.88. The highest BCUT2D eigenvalue weighted by Gasteiger charge is 2.36. The van der Waals surface area contributed by atoms with Gasteiger partial charge < -0.3 is 4.90 Å². The van der Waals surface area contributed by atoms with Crippen LogP contribution in [0.4, 0.5) is 17.1 Å². The van der Waals surface area contributed by atoms with Crippen LogP contribution in [0.1, 0.15) is 174 Å². The van der Waals surface area contributed by atoms with Crippen LogP contribution in [-0.2, 0) is 27.1 Å². The zero-order valence-electron chi connectivity index (χ0n) is 47.2. The molecule has 378 valence electrons. The van der Waals surface area contributed by atoms with Crippen molar-refractivity contribution in [3.8, 4) is 55.6 Å². The average molecular weight is 972 g/mol. The summed E-state index contributed by atoms with van der Waals surface area (Å²) in [6.45, 7) is 32.8. The molecular formula is C73H81N. The van der Waals surface area contributed by atoms with Crippen LogP contribution in [0.2, 0.25) is 0 Å². The Hall–Kier alpha value is -6.44. The topological polar surface area (TPSA) is 3.24 Å². The molecule has 0 spiro atoms. The number of hydrogen-bond acceptors (Lipinski definition) is 1. The minimum Gasteiger partial charge on any atom is -0.310 e. The number of benzene rings is 8. The van der Waals surface area contributed by atoms with Gasteiger partial charge in [-0.1, -0.05) is 244 Å². The number of anilines is 3. The fraction of sp³-hybridized carbons (Fsp3) is 0.342. The molecule has 74 heavy (non-hydrogen) atoms. The summed E-state index contributed by atoms with van der Waals surface area (Å²) in [5.41, 5.74) is 25.6. The Morgan fingerprint density at radius 1 is 0.338 bits per heavy atom. The van der Waals surface area contributed by atoms with Crippen molar-refractivity contribution in [2.45, 2.75) is 162 Å². The number of hydrogen-bond donors (Lipinski definition) is 0. The molecule has 2 aliphatic carbocycles. The second-order valence-corrected chi connectivity index (χ2v) is 26.7. The molecule has 1 nitrogen and oxygen atoms in total. The molecule has 1 fully saturated rings. The molecule has 0 unspecified atom stereocenters. The summed E-state index contributed by atoms with van der Waals surface area (Å²) in [6, 6.07) is 66.2. The zero-order valence-corrected chi connectivity index (χ0v) is 47.2. The molecular weight excluding hydrogens is 891 g/mol. The van der Waals surface area contributed by atoms with Crippen molar-refractivity contribution in [2.24, 2.45) is 0 Å². The molecule has 0 N–H and O–H groups in total. The normalized spacial score (nSPS) is 14.9. The van der Waals surface area contributed by atoms with Gasteiger partial charge in [0.2, 0.25) is 0 Å². The molecule has 8 aromatic carbocycles. The number of fused-ring (bicyclic) bond motifs is 3. The van der Waals surface area contributed by atoms with E-state index in [2.05, 4.69) is 272 Å². The van der Waals surface area contributed by atoms with Gasteiger partial charge in [-0.05, 0) is 177 Å². The number of nitrogens with zero attached hydrogens (tertiary/aromatic N) is 1. The second kappa shape index (κ2) is 19.0. The van der Waals surface area contributed by atoms with E-state index < -0.39 is 0 Å². The Kier molecular flexibility index (Phi) is 13.1. The molecule has 0 aromatic heterocycles. The Balaban J connectivity index is 1.09. The minimum absolute atomic E-state index is 0.0217. The van der Waals surface area contributed by atoms with Gasteiger partial charge >= 0.3 is 0 Å². The number of rotatable bonds is 8. The fourth-order valence-corrected chi connectivity index (χ4v) is 11.7. The Bertz CT molecular complexity index is 3310. The quantitative estimate of drug-likeness (QED) is 0.147. The van der Waals surface area contributed by atoms with Gasteiger partial charge in [0.15, 0.2) is 0 Å². The minimum atomic E-state index is -0.130. The maximum atomic E-state index is 2.52. The highest BCUT2D eigenvalue weighted by Crippen LogP contribution is 2.51. The molecule has 0 bridgehead atoms. The largest absolute Gasteiger partial charge is 0.310 e. The first kappa shape index (κ1) is 51.1. The summed E-state index contributed by atoms with van der Waals surface area (Å²) in [5.74, 6) is 0.687. The van der Waals surface area contributed by atoms with E-state index in [1.54, 1.807) is 0 Å². The maximum absolute atomic E-state index is 2.52. The monoisotopic (exact) mass is 972 g/mol. The molecule has 0 aliphatic heterocycles. The molecule has 0 saturated heterocycles. The summed E-state index contributed by atoms with van der Waals surface area (Å²) in [6.07, 6.45) is 6.69. The van der Waals surface area contributed by atoms with Crippen molar-refractivity contribution in [3.63, 3.8) is 0 Å². The van der Waals surface area contributed by atoms with Gasteiger partial charge in [0.25, 0.3) is 0 Å². The Morgan fingerprint density at radius 3 is 1.36 bits per heavy atom. The van der Waals surface area contributed by atoms with Crippen molar-refractivity contribution in [2.75, 3.05) is 4.90 Å². The third-order valence-corrected chi connectivity index (χ3v) is 16.6. The van der Waals surface area contributed by atoms with Crippen LogP contribution in [0.25, 0.3) is 55.6 Å². The first-order valence-corrected chi connectivity index (χ1v) is 27.8. The van der Waals surface area contributed by atoms with Crippen LogP contribution in [-0.4, -0.2) is 0 Å². The lowest BCUT2D eigenvalue weighted by Gasteiger charge is -2.30. The first-order valence-electron chi connectivity index (χ1n) is 27.8. The molecule has 2 aliphatic rings. The van der Waals surface area contributed by atoms with Gasteiger partial charge in [0, 0.05) is 22.5 Å². The van der Waals surface area contributed by atoms with Gasteiger partial charge in [0.05, 0.1) is 0 Å². The van der Waals surface area contributed by atoms with E-state index in [-0.39, 0.29) is 27.1 Å². The predicted octanol–water partition coefficient (Wildman–Crippen LogP) is 21.4. The van der Waals surface area contributed by atoms with E-state index in [1.165, 1.54) is 132 Å². The molecule has 10 rings (SSSR count). The predicted molar refractivity (Wildman–Crippen MR) is 321 cm³/mol. The molecule has 8 aromatic rings. The summed E-state index contributed by atoms with van der Waals surface area (Å²) < 4.78 is 0. The first-order chi connectivity index (χ1) is 34.9. The van der Waals surface area contributed by atoms with Crippen LogP contribution in [0.5, 0.6) is 0 Å². The van der Waals surface area contributed by atoms with E-state index in [0.717, 1.165) is 11.4 Å². The van der Waals surface area contributed by atoms with Gasteiger partial charge in [-0.2, -0.15) is 0 Å². The third-order valence-electron chi connectivity index (χ3n) is 16.6. The van der Waals surface area contributed by atoms with Gasteiger partial charge in [-0.3, -0.25) is 0 Å². The highest BCUT2D eigenvalue weighted by atomic mass is 15.1. The van der Waals surface area contributed by atoms with E-state index in [1.807, 2.05) is 0 Å². The molecule has 0 radical (unpaired) electrons. The lowest BCUT2D eigenvalue weighted by atomic mass is 9.78. The third kappa shape index (κ3) is 10.2. The van der Waals surface area contributed by atoms with Crippen molar-refractivity contribution < 1.29 is 0 Å². The maximum Gasteiger partial charge on any atom is 0.0470 e. The summed E-state index contributed by atoms with van der Waals surface area (Å²) >= 11 is 0. The van der Waals surface area contributed by atoms with Gasteiger partial charge in [-0.25, -0.2) is 0 Å².